The number of nitrogens with one attached hydrogen (secondary N) is 2. The SMILES string of the molecule is CN/C(=C/[N+](=O)[O-])NCCS. The summed E-state index contributed by atoms with van der Waals surface area (Å²) >= 11 is 3.94. The Balaban J connectivity index is 3.84. The molecule has 0 aromatic heterocycles. The topological polar surface area (TPSA) is 67.2 Å². The fraction of sp³-hybridized carbons (Fsp3) is 0.600. The van der Waals surface area contributed by atoms with E-state index in [1.807, 2.05) is 0 Å². The third-order valence-corrected chi connectivity index (χ3v) is 1.15. The Labute approximate surface area is 70.4 Å². The zero-order valence-electron chi connectivity index (χ0n) is 6.20. The summed E-state index contributed by atoms with van der Waals surface area (Å²) in [6, 6.07) is 0. The third kappa shape index (κ3) is 5.53. The summed E-state index contributed by atoms with van der Waals surface area (Å²) in [4.78, 5) is 9.45. The van der Waals surface area contributed by atoms with E-state index in [0.29, 0.717) is 18.1 Å². The molecule has 0 rings (SSSR count). The minimum absolute atomic E-state index is 0.393. The van der Waals surface area contributed by atoms with E-state index in [-0.39, 0.29) is 0 Å². The van der Waals surface area contributed by atoms with Gasteiger partial charge in [0.25, 0.3) is 6.20 Å². The quantitative estimate of drug-likeness (QED) is 0.309. The number of thiol groups is 1. The lowest BCUT2D eigenvalue weighted by molar-refractivity contribution is -0.404. The summed E-state index contributed by atoms with van der Waals surface area (Å²) < 4.78 is 0. The Morgan fingerprint density at radius 1 is 1.82 bits per heavy atom. The van der Waals surface area contributed by atoms with Gasteiger partial charge in [0.1, 0.15) is 0 Å². The molecule has 0 unspecified atom stereocenters. The van der Waals surface area contributed by atoms with Crippen molar-refractivity contribution in [2.45, 2.75) is 0 Å². The van der Waals surface area contributed by atoms with Crippen LogP contribution in [0.1, 0.15) is 0 Å². The molecule has 0 aromatic rings. The first kappa shape index (κ1) is 10.1. The van der Waals surface area contributed by atoms with E-state index in [1.165, 1.54) is 0 Å². The standard InChI is InChI=1S/C5H11N3O2S/c1-6-5(4-8(9)10)7-2-3-11/h4,6-7,11H,2-3H2,1H3/b5-4-. The Kier molecular flexibility index (Phi) is 5.36. The number of nitrogens with zero attached hydrogens (tertiary/aromatic N) is 1. The lowest BCUT2D eigenvalue weighted by atomic mass is 10.6. The van der Waals surface area contributed by atoms with Crippen molar-refractivity contribution in [3.63, 3.8) is 0 Å². The van der Waals surface area contributed by atoms with Gasteiger partial charge in [-0.05, 0) is 0 Å². The molecule has 5 nitrogen and oxygen atoms in total. The second-order valence-electron chi connectivity index (χ2n) is 1.73. The molecule has 0 amide bonds. The van der Waals surface area contributed by atoms with E-state index in [1.54, 1.807) is 7.05 Å². The molecule has 0 aliphatic heterocycles. The van der Waals surface area contributed by atoms with Gasteiger partial charge in [0.15, 0.2) is 5.82 Å². The first-order valence-corrected chi connectivity index (χ1v) is 3.71. The predicted molar refractivity (Wildman–Crippen MR) is 46.0 cm³/mol. The molecule has 0 saturated heterocycles. The molecule has 2 N–H and O–H groups in total. The average Bonchev–Trinajstić information content (AvgIpc) is 1.97. The van der Waals surface area contributed by atoms with Crippen molar-refractivity contribution in [2.24, 2.45) is 0 Å². The lowest BCUT2D eigenvalue weighted by Gasteiger charge is -2.04. The van der Waals surface area contributed by atoms with Crippen LogP contribution in [0.4, 0.5) is 0 Å². The van der Waals surface area contributed by atoms with Crippen molar-refractivity contribution < 1.29 is 4.92 Å². The average molecular weight is 177 g/mol. The minimum Gasteiger partial charge on any atom is -0.370 e. The van der Waals surface area contributed by atoms with E-state index in [4.69, 9.17) is 0 Å². The van der Waals surface area contributed by atoms with Crippen LogP contribution in [-0.2, 0) is 0 Å². The highest BCUT2D eigenvalue weighted by Gasteiger charge is 1.96. The minimum atomic E-state index is -0.517. The van der Waals surface area contributed by atoms with Gasteiger partial charge in [0.05, 0.1) is 4.92 Å². The van der Waals surface area contributed by atoms with E-state index in [0.717, 1.165) is 6.20 Å². The van der Waals surface area contributed by atoms with Crippen molar-refractivity contribution >= 4 is 12.6 Å². The van der Waals surface area contributed by atoms with Crippen LogP contribution < -0.4 is 10.6 Å². The Bertz CT molecular complexity index is 160. The molecular weight excluding hydrogens is 166 g/mol. The van der Waals surface area contributed by atoms with E-state index < -0.39 is 4.92 Å². The molecule has 0 aliphatic rings. The Morgan fingerprint density at radius 3 is 2.82 bits per heavy atom. The fourth-order valence-corrected chi connectivity index (χ4v) is 0.606. The van der Waals surface area contributed by atoms with Crippen molar-refractivity contribution in [1.29, 1.82) is 0 Å². The van der Waals surface area contributed by atoms with Crippen LogP contribution in [0.5, 0.6) is 0 Å². The van der Waals surface area contributed by atoms with Crippen LogP contribution in [0, 0.1) is 10.1 Å². The van der Waals surface area contributed by atoms with Gasteiger partial charge in [-0.3, -0.25) is 10.1 Å². The van der Waals surface area contributed by atoms with Gasteiger partial charge in [0.2, 0.25) is 0 Å². The van der Waals surface area contributed by atoms with Gasteiger partial charge in [-0.2, -0.15) is 12.6 Å². The van der Waals surface area contributed by atoms with Crippen LogP contribution in [-0.4, -0.2) is 24.3 Å². The maximum Gasteiger partial charge on any atom is 0.274 e. The van der Waals surface area contributed by atoms with Crippen LogP contribution >= 0.6 is 12.6 Å². The molecule has 0 heterocycles. The second-order valence-corrected chi connectivity index (χ2v) is 2.18. The number of hydrogen-bond donors (Lipinski definition) is 3. The highest BCUT2D eigenvalue weighted by Crippen LogP contribution is 1.82. The molecule has 6 heteroatoms. The van der Waals surface area contributed by atoms with Crippen molar-refractivity contribution in [2.75, 3.05) is 19.3 Å². The molecule has 0 bridgehead atoms. The molecule has 0 aliphatic carbocycles. The van der Waals surface area contributed by atoms with Crippen molar-refractivity contribution in [1.82, 2.24) is 10.6 Å². The summed E-state index contributed by atoms with van der Waals surface area (Å²) in [7, 11) is 1.61. The monoisotopic (exact) mass is 177 g/mol. The number of nitro groups is 1. The molecular formula is C5H11N3O2S. The lowest BCUT2D eigenvalue weighted by Crippen LogP contribution is -2.25. The Hall–Kier alpha value is -0.910. The van der Waals surface area contributed by atoms with E-state index in [2.05, 4.69) is 23.3 Å². The first-order chi connectivity index (χ1) is 5.20. The summed E-state index contributed by atoms with van der Waals surface area (Å²) in [5.41, 5.74) is 0. The predicted octanol–water partition coefficient (Wildman–Crippen LogP) is -0.199. The smallest absolute Gasteiger partial charge is 0.274 e. The van der Waals surface area contributed by atoms with Gasteiger partial charge < -0.3 is 10.6 Å². The summed E-state index contributed by atoms with van der Waals surface area (Å²) in [5.74, 6) is 1.03. The largest absolute Gasteiger partial charge is 0.370 e. The number of rotatable bonds is 5. The molecule has 0 spiro atoms. The van der Waals surface area contributed by atoms with Gasteiger partial charge in [-0.15, -0.1) is 0 Å². The zero-order chi connectivity index (χ0) is 8.69. The zero-order valence-corrected chi connectivity index (χ0v) is 7.10. The van der Waals surface area contributed by atoms with Gasteiger partial charge >= 0.3 is 0 Å². The molecule has 11 heavy (non-hydrogen) atoms. The van der Waals surface area contributed by atoms with Crippen molar-refractivity contribution in [3.8, 4) is 0 Å². The Morgan fingerprint density at radius 2 is 2.45 bits per heavy atom. The fourth-order valence-electron chi connectivity index (χ4n) is 0.495. The third-order valence-electron chi connectivity index (χ3n) is 0.931. The van der Waals surface area contributed by atoms with E-state index in [9.17, 15) is 10.1 Å². The van der Waals surface area contributed by atoms with Crippen LogP contribution in [0.2, 0.25) is 0 Å². The van der Waals surface area contributed by atoms with Gasteiger partial charge in [0, 0.05) is 19.3 Å². The van der Waals surface area contributed by atoms with Crippen LogP contribution in [0.3, 0.4) is 0 Å². The van der Waals surface area contributed by atoms with Crippen LogP contribution in [0.15, 0.2) is 12.0 Å². The molecule has 0 aromatic carbocycles. The highest BCUT2D eigenvalue weighted by molar-refractivity contribution is 7.80. The van der Waals surface area contributed by atoms with Crippen LogP contribution in [0.25, 0.3) is 0 Å². The molecule has 0 radical (unpaired) electrons. The molecule has 0 atom stereocenters. The summed E-state index contributed by atoms with van der Waals surface area (Å²) in [5, 5.41) is 15.4. The highest BCUT2D eigenvalue weighted by atomic mass is 32.1. The first-order valence-electron chi connectivity index (χ1n) is 3.08. The molecule has 0 fully saturated rings. The maximum atomic E-state index is 9.96. The summed E-state index contributed by atoms with van der Waals surface area (Å²) in [6.45, 7) is 0.601. The van der Waals surface area contributed by atoms with E-state index >= 15 is 0 Å². The molecule has 0 saturated carbocycles. The second kappa shape index (κ2) is 5.84. The van der Waals surface area contributed by atoms with Gasteiger partial charge in [-0.25, -0.2) is 0 Å². The number of hydrogen-bond acceptors (Lipinski definition) is 5. The van der Waals surface area contributed by atoms with Gasteiger partial charge in [-0.1, -0.05) is 0 Å². The van der Waals surface area contributed by atoms with Crippen molar-refractivity contribution in [3.05, 3.63) is 22.1 Å². The normalized spacial score (nSPS) is 10.9. The summed E-state index contributed by atoms with van der Waals surface area (Å²) in [6.07, 6.45) is 0.878. The molecule has 64 valence electrons. The maximum absolute atomic E-state index is 9.96.